The molecule has 1 heterocycles. The van der Waals surface area contributed by atoms with E-state index in [1.165, 1.54) is 6.21 Å². The summed E-state index contributed by atoms with van der Waals surface area (Å²) < 4.78 is 16.6. The average Bonchev–Trinajstić information content (AvgIpc) is 3.30. The van der Waals surface area contributed by atoms with Crippen molar-refractivity contribution in [2.45, 2.75) is 25.6 Å². The second kappa shape index (κ2) is 11.0. The van der Waals surface area contributed by atoms with Crippen LogP contribution in [0.25, 0.3) is 0 Å². The maximum absolute atomic E-state index is 11.8. The fourth-order valence-corrected chi connectivity index (χ4v) is 2.93. The molecule has 1 aliphatic heterocycles. The van der Waals surface area contributed by atoms with Gasteiger partial charge in [-0.3, -0.25) is 9.59 Å². The number of carbonyl (C=O) groups excluding carboxylic acids is 2. The first-order valence-corrected chi connectivity index (χ1v) is 9.73. The van der Waals surface area contributed by atoms with Gasteiger partial charge < -0.3 is 19.5 Å². The van der Waals surface area contributed by atoms with E-state index >= 15 is 0 Å². The standard InChI is InChI=1S/C22H25N3O5/c1-28-20-12-17(9-10-19(20)30-15-16-6-3-2-4-7-16)13-24-25-22(27)21(26)23-14-18-8-5-11-29-18/h2-4,6-7,9-10,12-13,18H,5,8,11,14-15H2,1H3,(H,23,26)(H,25,27)/b24-13-/t18-/m1/s1. The summed E-state index contributed by atoms with van der Waals surface area (Å²) in [5.74, 6) is -0.449. The molecule has 0 saturated carbocycles. The first kappa shape index (κ1) is 21.3. The van der Waals surface area contributed by atoms with Crippen LogP contribution in [0.1, 0.15) is 24.0 Å². The quantitative estimate of drug-likeness (QED) is 0.393. The van der Waals surface area contributed by atoms with Gasteiger partial charge in [0.1, 0.15) is 6.61 Å². The minimum atomic E-state index is -0.834. The number of carbonyl (C=O) groups is 2. The summed E-state index contributed by atoms with van der Waals surface area (Å²) >= 11 is 0. The average molecular weight is 411 g/mol. The zero-order chi connectivity index (χ0) is 21.2. The highest BCUT2D eigenvalue weighted by atomic mass is 16.5. The molecule has 2 amide bonds. The van der Waals surface area contributed by atoms with E-state index in [9.17, 15) is 9.59 Å². The van der Waals surface area contributed by atoms with Crippen LogP contribution in [0.5, 0.6) is 11.5 Å². The van der Waals surface area contributed by atoms with E-state index in [-0.39, 0.29) is 6.10 Å². The van der Waals surface area contributed by atoms with E-state index in [0.29, 0.717) is 36.8 Å². The van der Waals surface area contributed by atoms with Crippen molar-refractivity contribution < 1.29 is 23.8 Å². The second-order valence-corrected chi connectivity index (χ2v) is 6.73. The van der Waals surface area contributed by atoms with E-state index < -0.39 is 11.8 Å². The van der Waals surface area contributed by atoms with Gasteiger partial charge in [-0.2, -0.15) is 5.10 Å². The van der Waals surface area contributed by atoms with Crippen LogP contribution in [0.4, 0.5) is 0 Å². The number of hydrazone groups is 1. The summed E-state index contributed by atoms with van der Waals surface area (Å²) in [6.45, 7) is 1.43. The maximum atomic E-state index is 11.8. The molecule has 8 nitrogen and oxygen atoms in total. The Balaban J connectivity index is 1.49. The van der Waals surface area contributed by atoms with E-state index in [1.807, 2.05) is 30.3 Å². The normalized spacial score (nSPS) is 15.7. The van der Waals surface area contributed by atoms with Crippen LogP contribution in [0, 0.1) is 0 Å². The van der Waals surface area contributed by atoms with Crippen LogP contribution in [0.3, 0.4) is 0 Å². The number of nitrogens with zero attached hydrogens (tertiary/aromatic N) is 1. The fourth-order valence-electron chi connectivity index (χ4n) is 2.93. The lowest BCUT2D eigenvalue weighted by molar-refractivity contribution is -0.139. The van der Waals surface area contributed by atoms with Gasteiger partial charge in [-0.05, 0) is 42.2 Å². The van der Waals surface area contributed by atoms with Gasteiger partial charge in [0.15, 0.2) is 11.5 Å². The lowest BCUT2D eigenvalue weighted by Crippen LogP contribution is -2.41. The summed E-state index contributed by atoms with van der Waals surface area (Å²) in [6.07, 6.45) is 3.25. The maximum Gasteiger partial charge on any atom is 0.329 e. The molecule has 158 valence electrons. The number of benzene rings is 2. The first-order valence-electron chi connectivity index (χ1n) is 9.73. The molecule has 0 radical (unpaired) electrons. The highest BCUT2D eigenvalue weighted by Gasteiger charge is 2.19. The molecule has 1 aliphatic rings. The van der Waals surface area contributed by atoms with E-state index in [4.69, 9.17) is 14.2 Å². The zero-order valence-electron chi connectivity index (χ0n) is 16.8. The van der Waals surface area contributed by atoms with E-state index in [2.05, 4.69) is 15.8 Å². The predicted molar refractivity (Wildman–Crippen MR) is 111 cm³/mol. The molecular weight excluding hydrogens is 386 g/mol. The lowest BCUT2D eigenvalue weighted by Gasteiger charge is -2.11. The van der Waals surface area contributed by atoms with Crippen LogP contribution in [-0.4, -0.2) is 44.4 Å². The highest BCUT2D eigenvalue weighted by Crippen LogP contribution is 2.28. The largest absolute Gasteiger partial charge is 0.493 e. The molecule has 0 unspecified atom stereocenters. The fraction of sp³-hybridized carbons (Fsp3) is 0.318. The van der Waals surface area contributed by atoms with Crippen LogP contribution >= 0.6 is 0 Å². The number of hydrogen-bond donors (Lipinski definition) is 2. The third-order valence-corrected chi connectivity index (χ3v) is 4.53. The predicted octanol–water partition coefficient (Wildman–Crippen LogP) is 2.02. The van der Waals surface area contributed by atoms with Crippen molar-refractivity contribution in [1.82, 2.24) is 10.7 Å². The van der Waals surface area contributed by atoms with Gasteiger partial charge in [-0.15, -0.1) is 0 Å². The van der Waals surface area contributed by atoms with E-state index in [1.54, 1.807) is 25.3 Å². The van der Waals surface area contributed by atoms with Crippen LogP contribution < -0.4 is 20.2 Å². The molecule has 0 aromatic heterocycles. The molecular formula is C22H25N3O5. The number of hydrogen-bond acceptors (Lipinski definition) is 6. The summed E-state index contributed by atoms with van der Waals surface area (Å²) in [4.78, 5) is 23.6. The van der Waals surface area contributed by atoms with Crippen molar-refractivity contribution in [2.75, 3.05) is 20.3 Å². The molecule has 2 N–H and O–H groups in total. The molecule has 2 aromatic rings. The Morgan fingerprint density at radius 1 is 1.17 bits per heavy atom. The Bertz CT molecular complexity index is 880. The molecule has 2 aromatic carbocycles. The summed E-state index contributed by atoms with van der Waals surface area (Å²) in [5.41, 5.74) is 3.94. The zero-order valence-corrected chi connectivity index (χ0v) is 16.8. The molecule has 1 atom stereocenters. The Morgan fingerprint density at radius 3 is 2.73 bits per heavy atom. The number of ether oxygens (including phenoxy) is 3. The number of methoxy groups -OCH3 is 1. The van der Waals surface area contributed by atoms with Crippen molar-refractivity contribution in [3.63, 3.8) is 0 Å². The Hall–Kier alpha value is -3.39. The Kier molecular flexibility index (Phi) is 7.79. The van der Waals surface area contributed by atoms with Gasteiger partial charge in [0.25, 0.3) is 0 Å². The molecule has 0 aliphatic carbocycles. The Morgan fingerprint density at radius 2 is 2.00 bits per heavy atom. The number of rotatable bonds is 8. The first-order chi connectivity index (χ1) is 14.7. The van der Waals surface area contributed by atoms with Crippen molar-refractivity contribution in [2.24, 2.45) is 5.10 Å². The smallest absolute Gasteiger partial charge is 0.329 e. The van der Waals surface area contributed by atoms with Crippen molar-refractivity contribution in [1.29, 1.82) is 0 Å². The summed E-state index contributed by atoms with van der Waals surface area (Å²) in [6, 6.07) is 15.1. The third kappa shape index (κ3) is 6.31. The number of amides is 2. The SMILES string of the molecule is COc1cc(/C=N\NC(=O)C(=O)NC[C@H]2CCCO2)ccc1OCc1ccccc1. The minimum Gasteiger partial charge on any atom is -0.493 e. The Labute approximate surface area is 175 Å². The van der Waals surface area contributed by atoms with Crippen molar-refractivity contribution >= 4 is 18.0 Å². The number of nitrogens with one attached hydrogen (secondary N) is 2. The molecule has 1 saturated heterocycles. The van der Waals surface area contributed by atoms with Gasteiger partial charge in [0.2, 0.25) is 0 Å². The molecule has 1 fully saturated rings. The monoisotopic (exact) mass is 411 g/mol. The third-order valence-electron chi connectivity index (χ3n) is 4.53. The summed E-state index contributed by atoms with van der Waals surface area (Å²) in [7, 11) is 1.55. The van der Waals surface area contributed by atoms with Crippen molar-refractivity contribution in [3.05, 3.63) is 59.7 Å². The van der Waals surface area contributed by atoms with Gasteiger partial charge >= 0.3 is 11.8 Å². The van der Waals surface area contributed by atoms with Crippen LogP contribution in [-0.2, 0) is 20.9 Å². The molecule has 8 heteroatoms. The van der Waals surface area contributed by atoms with Gasteiger partial charge in [0.05, 0.1) is 19.4 Å². The minimum absolute atomic E-state index is 0.0275. The molecule has 0 spiro atoms. The van der Waals surface area contributed by atoms with Crippen LogP contribution in [0.15, 0.2) is 53.6 Å². The lowest BCUT2D eigenvalue weighted by atomic mass is 10.2. The second-order valence-electron chi connectivity index (χ2n) is 6.73. The topological polar surface area (TPSA) is 98.2 Å². The summed E-state index contributed by atoms with van der Waals surface area (Å²) in [5, 5.41) is 6.37. The van der Waals surface area contributed by atoms with Crippen LogP contribution in [0.2, 0.25) is 0 Å². The highest BCUT2D eigenvalue weighted by molar-refractivity contribution is 6.35. The molecule has 30 heavy (non-hydrogen) atoms. The van der Waals surface area contributed by atoms with Gasteiger partial charge in [0, 0.05) is 13.2 Å². The van der Waals surface area contributed by atoms with Gasteiger partial charge in [-0.1, -0.05) is 30.3 Å². The van der Waals surface area contributed by atoms with Crippen molar-refractivity contribution in [3.8, 4) is 11.5 Å². The molecule has 0 bridgehead atoms. The van der Waals surface area contributed by atoms with Gasteiger partial charge in [-0.25, -0.2) is 5.43 Å². The van der Waals surface area contributed by atoms with E-state index in [0.717, 1.165) is 18.4 Å². The molecule has 3 rings (SSSR count).